The van der Waals surface area contributed by atoms with Crippen LogP contribution >= 0.6 is 11.6 Å². The van der Waals surface area contributed by atoms with Crippen molar-refractivity contribution in [1.82, 2.24) is 14.6 Å². The molecule has 2 aromatic heterocycles. The van der Waals surface area contributed by atoms with Crippen molar-refractivity contribution in [3.63, 3.8) is 0 Å². The largest absolute Gasteiger partial charge is 0.233 e. The zero-order chi connectivity index (χ0) is 16.7. The summed E-state index contributed by atoms with van der Waals surface area (Å²) in [7, 11) is 0. The molecular weight excluding hydrogens is 318 g/mol. The van der Waals surface area contributed by atoms with Crippen molar-refractivity contribution >= 4 is 17.2 Å². The predicted molar refractivity (Wildman–Crippen MR) is 98.3 cm³/mol. The first-order valence-corrected chi connectivity index (χ1v) is 8.19. The smallest absolute Gasteiger partial charge is 0.164 e. The summed E-state index contributed by atoms with van der Waals surface area (Å²) in [5, 5.41) is 5.47. The maximum Gasteiger partial charge on any atom is 0.164 e. The number of rotatable bonds is 2. The summed E-state index contributed by atoms with van der Waals surface area (Å²) in [6, 6.07) is 20.1. The van der Waals surface area contributed by atoms with Crippen LogP contribution in [0.2, 0.25) is 5.02 Å². The van der Waals surface area contributed by atoms with E-state index in [2.05, 4.69) is 18.2 Å². The summed E-state index contributed by atoms with van der Waals surface area (Å²) >= 11 is 6.02. The van der Waals surface area contributed by atoms with Crippen LogP contribution in [0.15, 0.2) is 60.7 Å². The standard InChI is InChI=1S/C20H16ClN3/c1-13-12-18(15-8-10-17(21)11-9-15)24-20(22-13)19(14(2)23-24)16-6-4-3-5-7-16/h3-12H,1-2H3. The first-order chi connectivity index (χ1) is 11.6. The third-order valence-corrected chi connectivity index (χ3v) is 4.35. The van der Waals surface area contributed by atoms with Crippen molar-refractivity contribution < 1.29 is 0 Å². The lowest BCUT2D eigenvalue weighted by Crippen LogP contribution is -1.98. The molecule has 0 spiro atoms. The zero-order valence-corrected chi connectivity index (χ0v) is 14.2. The molecule has 3 nitrogen and oxygen atoms in total. The van der Waals surface area contributed by atoms with Gasteiger partial charge in [0, 0.05) is 21.8 Å². The van der Waals surface area contributed by atoms with Crippen molar-refractivity contribution in [2.75, 3.05) is 0 Å². The second-order valence-electron chi connectivity index (χ2n) is 5.85. The van der Waals surface area contributed by atoms with E-state index in [4.69, 9.17) is 21.7 Å². The van der Waals surface area contributed by atoms with Gasteiger partial charge in [0.05, 0.1) is 11.4 Å². The lowest BCUT2D eigenvalue weighted by atomic mass is 10.1. The Balaban J connectivity index is 2.02. The molecule has 0 aliphatic carbocycles. The number of halogens is 1. The molecule has 118 valence electrons. The van der Waals surface area contributed by atoms with E-state index in [1.807, 2.05) is 60.8 Å². The summed E-state index contributed by atoms with van der Waals surface area (Å²) in [6.45, 7) is 4.04. The maximum atomic E-state index is 6.02. The monoisotopic (exact) mass is 333 g/mol. The van der Waals surface area contributed by atoms with Crippen LogP contribution in [0.5, 0.6) is 0 Å². The number of hydrogen-bond acceptors (Lipinski definition) is 2. The Morgan fingerprint density at radius 3 is 2.29 bits per heavy atom. The molecular formula is C20H16ClN3. The number of aryl methyl sites for hydroxylation is 2. The van der Waals surface area contributed by atoms with Gasteiger partial charge in [-0.1, -0.05) is 54.1 Å². The van der Waals surface area contributed by atoms with E-state index >= 15 is 0 Å². The summed E-state index contributed by atoms with van der Waals surface area (Å²) < 4.78 is 1.92. The molecule has 0 N–H and O–H groups in total. The quantitative estimate of drug-likeness (QED) is 0.496. The van der Waals surface area contributed by atoms with Gasteiger partial charge in [-0.3, -0.25) is 0 Å². The highest BCUT2D eigenvalue weighted by atomic mass is 35.5. The van der Waals surface area contributed by atoms with Gasteiger partial charge in [-0.15, -0.1) is 0 Å². The molecule has 2 heterocycles. The van der Waals surface area contributed by atoms with Crippen molar-refractivity contribution in [2.24, 2.45) is 0 Å². The third-order valence-electron chi connectivity index (χ3n) is 4.09. The van der Waals surface area contributed by atoms with Crippen molar-refractivity contribution in [3.05, 3.63) is 77.1 Å². The van der Waals surface area contributed by atoms with E-state index in [1.165, 1.54) is 0 Å². The second kappa shape index (κ2) is 5.77. The second-order valence-corrected chi connectivity index (χ2v) is 6.29. The van der Waals surface area contributed by atoms with E-state index in [0.29, 0.717) is 0 Å². The van der Waals surface area contributed by atoms with Gasteiger partial charge in [0.15, 0.2) is 5.65 Å². The summed E-state index contributed by atoms with van der Waals surface area (Å²) in [4.78, 5) is 4.75. The zero-order valence-electron chi connectivity index (χ0n) is 13.5. The summed E-state index contributed by atoms with van der Waals surface area (Å²) in [5.74, 6) is 0. The molecule has 24 heavy (non-hydrogen) atoms. The van der Waals surface area contributed by atoms with Gasteiger partial charge < -0.3 is 0 Å². The van der Waals surface area contributed by atoms with Crippen molar-refractivity contribution in [3.8, 4) is 22.4 Å². The highest BCUT2D eigenvalue weighted by Gasteiger charge is 2.16. The molecule has 0 saturated carbocycles. The fraction of sp³-hybridized carbons (Fsp3) is 0.100. The van der Waals surface area contributed by atoms with Gasteiger partial charge in [0.1, 0.15) is 0 Å². The first-order valence-electron chi connectivity index (χ1n) is 7.82. The van der Waals surface area contributed by atoms with Gasteiger partial charge >= 0.3 is 0 Å². The van der Waals surface area contributed by atoms with E-state index in [9.17, 15) is 0 Å². The highest BCUT2D eigenvalue weighted by Crippen LogP contribution is 2.30. The number of hydrogen-bond donors (Lipinski definition) is 0. The Morgan fingerprint density at radius 2 is 1.58 bits per heavy atom. The molecule has 4 aromatic rings. The Labute approximate surface area is 145 Å². The van der Waals surface area contributed by atoms with Crippen LogP contribution in [-0.4, -0.2) is 14.6 Å². The molecule has 0 radical (unpaired) electrons. The average molecular weight is 334 g/mol. The molecule has 0 aliphatic heterocycles. The van der Waals surface area contributed by atoms with Crippen LogP contribution in [0.3, 0.4) is 0 Å². The lowest BCUT2D eigenvalue weighted by Gasteiger charge is -2.07. The van der Waals surface area contributed by atoms with Crippen LogP contribution in [0.4, 0.5) is 0 Å². The molecule has 0 unspecified atom stereocenters. The van der Waals surface area contributed by atoms with E-state index in [1.54, 1.807) is 0 Å². The molecule has 0 atom stereocenters. The average Bonchev–Trinajstić information content (AvgIpc) is 2.91. The molecule has 0 amide bonds. The topological polar surface area (TPSA) is 30.2 Å². The fourth-order valence-corrected chi connectivity index (χ4v) is 3.14. The SMILES string of the molecule is Cc1cc(-c2ccc(Cl)cc2)n2nc(C)c(-c3ccccc3)c2n1. The van der Waals surface area contributed by atoms with Gasteiger partial charge in [-0.25, -0.2) is 9.50 Å². The predicted octanol–water partition coefficient (Wildman–Crippen LogP) is 5.33. The first kappa shape index (κ1) is 14.9. The van der Waals surface area contributed by atoms with E-state index in [-0.39, 0.29) is 0 Å². The minimum absolute atomic E-state index is 0.724. The number of fused-ring (bicyclic) bond motifs is 1. The van der Waals surface area contributed by atoms with Crippen LogP contribution in [-0.2, 0) is 0 Å². The van der Waals surface area contributed by atoms with Crippen LogP contribution in [0.25, 0.3) is 28.0 Å². The Hall–Kier alpha value is -2.65. The van der Waals surface area contributed by atoms with Crippen molar-refractivity contribution in [2.45, 2.75) is 13.8 Å². The molecule has 0 aliphatic rings. The molecule has 0 saturated heterocycles. The molecule has 4 rings (SSSR count). The Kier molecular flexibility index (Phi) is 3.58. The molecule has 2 aromatic carbocycles. The maximum absolute atomic E-state index is 6.02. The van der Waals surface area contributed by atoms with Gasteiger partial charge in [0.25, 0.3) is 0 Å². The van der Waals surface area contributed by atoms with Gasteiger partial charge in [-0.05, 0) is 37.6 Å². The minimum atomic E-state index is 0.724. The van der Waals surface area contributed by atoms with Crippen molar-refractivity contribution in [1.29, 1.82) is 0 Å². The third kappa shape index (κ3) is 2.47. The van der Waals surface area contributed by atoms with Crippen LogP contribution < -0.4 is 0 Å². The molecule has 0 bridgehead atoms. The number of nitrogens with zero attached hydrogens (tertiary/aromatic N) is 3. The fourth-order valence-electron chi connectivity index (χ4n) is 3.01. The summed E-state index contributed by atoms with van der Waals surface area (Å²) in [5.41, 5.74) is 7.10. The van der Waals surface area contributed by atoms with Crippen LogP contribution in [0.1, 0.15) is 11.4 Å². The van der Waals surface area contributed by atoms with Gasteiger partial charge in [0.2, 0.25) is 0 Å². The van der Waals surface area contributed by atoms with E-state index in [0.717, 1.165) is 44.4 Å². The van der Waals surface area contributed by atoms with Crippen LogP contribution in [0, 0.1) is 13.8 Å². The Morgan fingerprint density at radius 1 is 0.875 bits per heavy atom. The molecule has 4 heteroatoms. The lowest BCUT2D eigenvalue weighted by molar-refractivity contribution is 0.917. The Bertz CT molecular complexity index is 1020. The number of benzene rings is 2. The number of aromatic nitrogens is 3. The minimum Gasteiger partial charge on any atom is -0.233 e. The normalized spacial score (nSPS) is 11.1. The van der Waals surface area contributed by atoms with Gasteiger partial charge in [-0.2, -0.15) is 5.10 Å². The highest BCUT2D eigenvalue weighted by molar-refractivity contribution is 6.30. The molecule has 0 fully saturated rings. The van der Waals surface area contributed by atoms with E-state index < -0.39 is 0 Å². The summed E-state index contributed by atoms with van der Waals surface area (Å²) in [6.07, 6.45) is 0.